The Bertz CT molecular complexity index is 2000. The maximum atomic E-state index is 14.3. The van der Waals surface area contributed by atoms with Gasteiger partial charge in [-0.25, -0.2) is 9.78 Å². The highest BCUT2D eigenvalue weighted by atomic mass is 16.2. The number of aromatic nitrogens is 8. The molecule has 10 heteroatoms. The van der Waals surface area contributed by atoms with E-state index in [0.29, 0.717) is 36.5 Å². The summed E-state index contributed by atoms with van der Waals surface area (Å²) in [5.41, 5.74) is 5.09. The van der Waals surface area contributed by atoms with Crippen molar-refractivity contribution < 1.29 is 0 Å². The molecule has 0 spiro atoms. The Hall–Kier alpha value is -5.12. The minimum atomic E-state index is -0.435. The van der Waals surface area contributed by atoms with Crippen LogP contribution in [0.25, 0.3) is 33.7 Å². The minimum absolute atomic E-state index is 0.191. The highest BCUT2D eigenvalue weighted by molar-refractivity contribution is 5.80. The Kier molecular flexibility index (Phi) is 8.06. The molecule has 224 valence electrons. The quantitative estimate of drug-likeness (QED) is 0.227. The Morgan fingerprint density at radius 2 is 1.55 bits per heavy atom. The van der Waals surface area contributed by atoms with Gasteiger partial charge in [-0.15, -0.1) is 10.2 Å². The zero-order valence-corrected chi connectivity index (χ0v) is 25.4. The summed E-state index contributed by atoms with van der Waals surface area (Å²) in [4.78, 5) is 33.2. The van der Waals surface area contributed by atoms with Gasteiger partial charge >= 0.3 is 5.69 Å². The molecule has 0 bridgehead atoms. The lowest BCUT2D eigenvalue weighted by Gasteiger charge is -2.19. The molecule has 6 aromatic rings. The first-order chi connectivity index (χ1) is 21.4. The van der Waals surface area contributed by atoms with Crippen LogP contribution in [0.4, 0.5) is 0 Å². The molecule has 1 atom stereocenters. The number of hydrogen-bond donors (Lipinski definition) is 1. The number of aromatic amines is 1. The van der Waals surface area contributed by atoms with Gasteiger partial charge in [-0.1, -0.05) is 99.6 Å². The van der Waals surface area contributed by atoms with Crippen LogP contribution in [0.1, 0.15) is 57.1 Å². The van der Waals surface area contributed by atoms with E-state index in [4.69, 9.17) is 4.98 Å². The Labute approximate surface area is 255 Å². The summed E-state index contributed by atoms with van der Waals surface area (Å²) in [5.74, 6) is 1.52. The molecule has 1 unspecified atom stereocenters. The van der Waals surface area contributed by atoms with Gasteiger partial charge in [-0.2, -0.15) is 5.21 Å². The molecule has 3 heterocycles. The molecule has 0 aliphatic rings. The number of fused-ring (bicyclic) bond motifs is 1. The van der Waals surface area contributed by atoms with Gasteiger partial charge in [0.2, 0.25) is 5.82 Å². The molecule has 6 rings (SSSR count). The van der Waals surface area contributed by atoms with Crippen molar-refractivity contribution in [3.63, 3.8) is 0 Å². The van der Waals surface area contributed by atoms with E-state index in [2.05, 4.69) is 65.7 Å². The van der Waals surface area contributed by atoms with Gasteiger partial charge in [0.05, 0.1) is 6.04 Å². The minimum Gasteiger partial charge on any atom is -0.318 e. The van der Waals surface area contributed by atoms with E-state index in [1.807, 2.05) is 66.1 Å². The lowest BCUT2D eigenvalue weighted by atomic mass is 9.98. The third-order valence-electron chi connectivity index (χ3n) is 7.95. The van der Waals surface area contributed by atoms with Crippen molar-refractivity contribution in [1.82, 2.24) is 39.3 Å². The summed E-state index contributed by atoms with van der Waals surface area (Å²) < 4.78 is 5.09. The molecular formula is C34H36N8O2. The van der Waals surface area contributed by atoms with Gasteiger partial charge in [-0.3, -0.25) is 13.9 Å². The van der Waals surface area contributed by atoms with Crippen LogP contribution in [-0.4, -0.2) is 39.3 Å². The van der Waals surface area contributed by atoms with Crippen LogP contribution in [0.15, 0.2) is 88.5 Å². The molecule has 0 saturated heterocycles. The number of tetrazole rings is 1. The molecule has 10 nitrogen and oxygen atoms in total. The van der Waals surface area contributed by atoms with E-state index in [-0.39, 0.29) is 17.2 Å². The van der Waals surface area contributed by atoms with Gasteiger partial charge in [0, 0.05) is 25.1 Å². The molecule has 44 heavy (non-hydrogen) atoms. The first-order valence-corrected chi connectivity index (χ1v) is 15.1. The number of rotatable bonds is 10. The Morgan fingerprint density at radius 3 is 2.20 bits per heavy atom. The van der Waals surface area contributed by atoms with Gasteiger partial charge in [0.25, 0.3) is 5.56 Å². The van der Waals surface area contributed by atoms with E-state index in [0.717, 1.165) is 40.1 Å². The molecule has 1 N–H and O–H groups in total. The first-order valence-electron chi connectivity index (χ1n) is 15.1. The number of nitrogens with zero attached hydrogens (tertiary/aromatic N) is 7. The van der Waals surface area contributed by atoms with Crippen LogP contribution in [0.3, 0.4) is 0 Å². The van der Waals surface area contributed by atoms with Crippen LogP contribution in [0.5, 0.6) is 0 Å². The fraction of sp³-hybridized carbons (Fsp3) is 0.294. The fourth-order valence-electron chi connectivity index (χ4n) is 5.82. The van der Waals surface area contributed by atoms with Crippen LogP contribution in [-0.2, 0) is 19.5 Å². The Balaban J connectivity index is 1.47. The second kappa shape index (κ2) is 12.2. The summed E-state index contributed by atoms with van der Waals surface area (Å²) in [6.45, 7) is 9.05. The van der Waals surface area contributed by atoms with Crippen LogP contribution >= 0.6 is 0 Å². The SMILES string of the molecule is CCCc1nc2c(c(=O)n(C(C)c3ccccc3)c(=O)n2CC(C)C)n1Cc1ccc(-c2ccccc2-c2nn[nH]n2)cc1. The lowest BCUT2D eigenvalue weighted by molar-refractivity contribution is 0.475. The van der Waals surface area contributed by atoms with Crippen molar-refractivity contribution in [2.45, 2.75) is 59.7 Å². The van der Waals surface area contributed by atoms with Crippen LogP contribution < -0.4 is 11.2 Å². The van der Waals surface area contributed by atoms with Crippen molar-refractivity contribution in [3.8, 4) is 22.5 Å². The van der Waals surface area contributed by atoms with Crippen molar-refractivity contribution in [1.29, 1.82) is 0 Å². The molecular weight excluding hydrogens is 552 g/mol. The lowest BCUT2D eigenvalue weighted by Crippen LogP contribution is -2.43. The predicted molar refractivity (Wildman–Crippen MR) is 171 cm³/mol. The molecule has 3 aromatic carbocycles. The van der Waals surface area contributed by atoms with Crippen LogP contribution in [0, 0.1) is 5.92 Å². The fourth-order valence-corrected chi connectivity index (χ4v) is 5.82. The summed E-state index contributed by atoms with van der Waals surface area (Å²) in [7, 11) is 0. The van der Waals surface area contributed by atoms with Gasteiger partial charge < -0.3 is 4.57 Å². The summed E-state index contributed by atoms with van der Waals surface area (Å²) in [6, 6.07) is 25.5. The van der Waals surface area contributed by atoms with E-state index in [1.54, 1.807) is 4.57 Å². The van der Waals surface area contributed by atoms with Gasteiger partial charge in [0.1, 0.15) is 5.82 Å². The molecule has 0 fully saturated rings. The molecule has 0 saturated carbocycles. The average Bonchev–Trinajstić information content (AvgIpc) is 3.69. The number of benzene rings is 3. The number of H-pyrrole nitrogens is 1. The summed E-state index contributed by atoms with van der Waals surface area (Å²) in [5, 5.41) is 14.6. The van der Waals surface area contributed by atoms with E-state index < -0.39 is 6.04 Å². The van der Waals surface area contributed by atoms with Crippen molar-refractivity contribution in [2.24, 2.45) is 5.92 Å². The largest absolute Gasteiger partial charge is 0.333 e. The van der Waals surface area contributed by atoms with E-state index in [9.17, 15) is 9.59 Å². The smallest absolute Gasteiger partial charge is 0.318 e. The highest BCUT2D eigenvalue weighted by Crippen LogP contribution is 2.30. The average molecular weight is 589 g/mol. The monoisotopic (exact) mass is 588 g/mol. The zero-order valence-electron chi connectivity index (χ0n) is 25.4. The standard InChI is InChI=1S/C34H36N8O2/c1-5-11-29-35-32-30(33(43)42(34(44)41(32)20-22(2)3)23(4)25-12-7-6-8-13-25)40(29)21-24-16-18-26(19-17-24)27-14-9-10-15-28(27)31-36-38-39-37-31/h6-10,12-19,22-23H,5,11,20-21H2,1-4H3,(H,36,37,38,39). The molecule has 0 aliphatic heterocycles. The maximum absolute atomic E-state index is 14.3. The van der Waals surface area contributed by atoms with Crippen LogP contribution in [0.2, 0.25) is 0 Å². The highest BCUT2D eigenvalue weighted by Gasteiger charge is 2.25. The second-order valence-electron chi connectivity index (χ2n) is 11.6. The maximum Gasteiger partial charge on any atom is 0.333 e. The summed E-state index contributed by atoms with van der Waals surface area (Å²) in [6.07, 6.45) is 1.55. The normalized spacial score (nSPS) is 12.3. The third-order valence-corrected chi connectivity index (χ3v) is 7.95. The van der Waals surface area contributed by atoms with Crippen molar-refractivity contribution >= 4 is 11.2 Å². The first kappa shape index (κ1) is 29.0. The van der Waals surface area contributed by atoms with Crippen molar-refractivity contribution in [2.75, 3.05) is 0 Å². The molecule has 0 radical (unpaired) electrons. The Morgan fingerprint density at radius 1 is 0.841 bits per heavy atom. The van der Waals surface area contributed by atoms with Gasteiger partial charge in [0.15, 0.2) is 11.2 Å². The number of imidazole rings is 1. The third kappa shape index (κ3) is 5.39. The van der Waals surface area contributed by atoms with Gasteiger partial charge in [-0.05, 0) is 46.7 Å². The number of aryl methyl sites for hydroxylation is 1. The predicted octanol–water partition coefficient (Wildman–Crippen LogP) is 5.47. The molecule has 3 aromatic heterocycles. The zero-order chi connectivity index (χ0) is 30.8. The van der Waals surface area contributed by atoms with E-state index >= 15 is 0 Å². The number of hydrogen-bond acceptors (Lipinski definition) is 6. The van der Waals surface area contributed by atoms with E-state index in [1.165, 1.54) is 4.57 Å². The van der Waals surface area contributed by atoms with Crippen molar-refractivity contribution in [3.05, 3.63) is 117 Å². The number of nitrogens with one attached hydrogen (secondary N) is 1. The molecule has 0 amide bonds. The topological polar surface area (TPSA) is 116 Å². The summed E-state index contributed by atoms with van der Waals surface area (Å²) >= 11 is 0. The molecule has 0 aliphatic carbocycles. The second-order valence-corrected chi connectivity index (χ2v) is 11.6.